The Labute approximate surface area is 204 Å². The summed E-state index contributed by atoms with van der Waals surface area (Å²) >= 11 is 8.28. The van der Waals surface area contributed by atoms with Crippen LogP contribution in [0.4, 0.5) is 5.69 Å². The van der Waals surface area contributed by atoms with Gasteiger partial charge < -0.3 is 10.1 Å². The molecule has 5 nitrogen and oxygen atoms in total. The van der Waals surface area contributed by atoms with E-state index in [0.717, 1.165) is 17.4 Å². The van der Waals surface area contributed by atoms with Gasteiger partial charge in [0, 0.05) is 16.8 Å². The average molecular weight is 485 g/mol. The van der Waals surface area contributed by atoms with Crippen molar-refractivity contribution in [3.63, 3.8) is 0 Å². The van der Waals surface area contributed by atoms with E-state index in [2.05, 4.69) is 5.32 Å². The summed E-state index contributed by atoms with van der Waals surface area (Å²) in [5, 5.41) is 4.27. The van der Waals surface area contributed by atoms with E-state index in [1.54, 1.807) is 24.3 Å². The van der Waals surface area contributed by atoms with Crippen LogP contribution in [0.3, 0.4) is 0 Å². The lowest BCUT2D eigenvalue weighted by molar-refractivity contribution is -0.123. The summed E-state index contributed by atoms with van der Waals surface area (Å²) in [5.74, 6) is 1.18. The van der Waals surface area contributed by atoms with Gasteiger partial charge in [-0.05, 0) is 54.9 Å². The Morgan fingerprint density at radius 2 is 1.88 bits per heavy atom. The second-order valence-electron chi connectivity index (χ2n) is 8.33. The van der Waals surface area contributed by atoms with Crippen molar-refractivity contribution in [1.82, 2.24) is 5.32 Å². The van der Waals surface area contributed by atoms with Crippen LogP contribution in [-0.4, -0.2) is 35.9 Å². The first-order valence-corrected chi connectivity index (χ1v) is 13.0. The molecule has 2 aromatic rings. The number of amides is 2. The highest BCUT2D eigenvalue weighted by Gasteiger charge is 2.31. The topological polar surface area (TPSA) is 58.6 Å². The summed E-state index contributed by atoms with van der Waals surface area (Å²) in [6.07, 6.45) is 9.24. The number of thioether (sulfide) groups is 1. The monoisotopic (exact) mass is 484 g/mol. The molecule has 0 aromatic heterocycles. The van der Waals surface area contributed by atoms with Gasteiger partial charge >= 0.3 is 0 Å². The molecule has 2 aromatic carbocycles. The van der Waals surface area contributed by atoms with Gasteiger partial charge in [-0.2, -0.15) is 11.8 Å². The van der Waals surface area contributed by atoms with Gasteiger partial charge in [0.1, 0.15) is 6.54 Å². The lowest BCUT2D eigenvalue weighted by Gasteiger charge is -2.30. The fraction of sp³-hybridized carbons (Fsp3) is 0.385. The van der Waals surface area contributed by atoms with E-state index in [4.69, 9.17) is 16.3 Å². The Morgan fingerprint density at radius 1 is 1.12 bits per heavy atom. The van der Waals surface area contributed by atoms with E-state index in [1.807, 2.05) is 42.1 Å². The van der Waals surface area contributed by atoms with Crippen molar-refractivity contribution < 1.29 is 14.3 Å². The minimum Gasteiger partial charge on any atom is -0.449 e. The molecule has 1 N–H and O–H groups in total. The molecular formula is C26H29ClN2O3S. The lowest BCUT2D eigenvalue weighted by atomic mass is 10.0. The standard InChI is InChI=1S/C26H29ClN2O3S/c27-21-12-5-4-9-19(21)17-24-26(31)29(22-13-6-7-14-23(22)32-24)18-25(30)28-15-8-16-33-20-10-2-1-3-11-20/h4-7,9,12-14,17,20H,1-3,8,10-11,15-16,18H2,(H,28,30)/b24-17+. The Balaban J connectivity index is 1.36. The predicted molar refractivity (Wildman–Crippen MR) is 136 cm³/mol. The summed E-state index contributed by atoms with van der Waals surface area (Å²) in [7, 11) is 0. The van der Waals surface area contributed by atoms with Crippen LogP contribution in [0, 0.1) is 0 Å². The van der Waals surface area contributed by atoms with Crippen molar-refractivity contribution >= 4 is 46.9 Å². The third kappa shape index (κ3) is 6.33. The number of para-hydroxylation sites is 2. The Morgan fingerprint density at radius 3 is 2.70 bits per heavy atom. The molecule has 33 heavy (non-hydrogen) atoms. The summed E-state index contributed by atoms with van der Waals surface area (Å²) in [5.41, 5.74) is 1.27. The summed E-state index contributed by atoms with van der Waals surface area (Å²) in [4.78, 5) is 27.3. The van der Waals surface area contributed by atoms with Crippen molar-refractivity contribution in [3.05, 3.63) is 64.9 Å². The van der Waals surface area contributed by atoms with E-state index in [9.17, 15) is 9.59 Å². The molecular weight excluding hydrogens is 456 g/mol. The number of hydrogen-bond acceptors (Lipinski definition) is 4. The van der Waals surface area contributed by atoms with Gasteiger partial charge in [-0.3, -0.25) is 14.5 Å². The van der Waals surface area contributed by atoms with Crippen molar-refractivity contribution in [2.75, 3.05) is 23.7 Å². The number of carbonyl (C=O) groups excluding carboxylic acids is 2. The molecule has 1 heterocycles. The van der Waals surface area contributed by atoms with Crippen LogP contribution in [0.15, 0.2) is 54.3 Å². The van der Waals surface area contributed by atoms with Crippen LogP contribution >= 0.6 is 23.4 Å². The van der Waals surface area contributed by atoms with Crippen molar-refractivity contribution in [1.29, 1.82) is 0 Å². The highest BCUT2D eigenvalue weighted by atomic mass is 35.5. The number of halogens is 1. The Hall–Kier alpha value is -2.44. The van der Waals surface area contributed by atoms with Crippen LogP contribution in [0.5, 0.6) is 5.75 Å². The maximum absolute atomic E-state index is 13.2. The number of benzene rings is 2. The number of ether oxygens (including phenoxy) is 1. The van der Waals surface area contributed by atoms with E-state index < -0.39 is 0 Å². The summed E-state index contributed by atoms with van der Waals surface area (Å²) in [6.45, 7) is 0.551. The quantitative estimate of drug-likeness (QED) is 0.387. The largest absolute Gasteiger partial charge is 0.449 e. The zero-order valence-corrected chi connectivity index (χ0v) is 20.2. The maximum Gasteiger partial charge on any atom is 0.294 e. The third-order valence-electron chi connectivity index (χ3n) is 5.87. The summed E-state index contributed by atoms with van der Waals surface area (Å²) < 4.78 is 5.86. The van der Waals surface area contributed by atoms with Crippen LogP contribution in [0.1, 0.15) is 44.1 Å². The van der Waals surface area contributed by atoms with Crippen molar-refractivity contribution in [3.8, 4) is 5.75 Å². The average Bonchev–Trinajstić information content (AvgIpc) is 2.83. The van der Waals surface area contributed by atoms with E-state index >= 15 is 0 Å². The van der Waals surface area contributed by atoms with Crippen LogP contribution in [-0.2, 0) is 9.59 Å². The molecule has 2 aliphatic rings. The van der Waals surface area contributed by atoms with Gasteiger partial charge in [0.25, 0.3) is 5.91 Å². The number of carbonyl (C=O) groups is 2. The van der Waals surface area contributed by atoms with Gasteiger partial charge in [-0.1, -0.05) is 61.2 Å². The number of anilines is 1. The van der Waals surface area contributed by atoms with Crippen LogP contribution < -0.4 is 15.0 Å². The predicted octanol–water partition coefficient (Wildman–Crippen LogP) is 5.68. The molecule has 4 rings (SSSR count). The van der Waals surface area contributed by atoms with Crippen LogP contribution in [0.2, 0.25) is 5.02 Å². The van der Waals surface area contributed by atoms with Crippen LogP contribution in [0.25, 0.3) is 6.08 Å². The molecule has 1 aliphatic heterocycles. The van der Waals surface area contributed by atoms with Gasteiger partial charge in [0.05, 0.1) is 5.69 Å². The second kappa shape index (κ2) is 11.6. The SMILES string of the molecule is O=C(CN1C(=O)/C(=C\c2ccccc2Cl)Oc2ccccc21)NCCCSC1CCCCC1. The highest BCUT2D eigenvalue weighted by molar-refractivity contribution is 7.99. The molecule has 7 heteroatoms. The van der Waals surface area contributed by atoms with E-state index in [1.165, 1.54) is 37.0 Å². The maximum atomic E-state index is 13.2. The third-order valence-corrected chi connectivity index (χ3v) is 7.69. The van der Waals surface area contributed by atoms with Gasteiger partial charge in [0.2, 0.25) is 5.91 Å². The molecule has 1 fully saturated rings. The Bertz CT molecular complexity index is 1020. The normalized spacial score (nSPS) is 17.5. The zero-order chi connectivity index (χ0) is 23.0. The number of rotatable bonds is 8. The highest BCUT2D eigenvalue weighted by Crippen LogP contribution is 2.36. The number of nitrogens with one attached hydrogen (secondary N) is 1. The molecule has 0 spiro atoms. The fourth-order valence-corrected chi connectivity index (χ4v) is 5.64. The smallest absolute Gasteiger partial charge is 0.294 e. The van der Waals surface area contributed by atoms with Gasteiger partial charge in [-0.15, -0.1) is 0 Å². The first-order valence-electron chi connectivity index (χ1n) is 11.5. The number of nitrogens with zero attached hydrogens (tertiary/aromatic N) is 1. The zero-order valence-electron chi connectivity index (χ0n) is 18.6. The molecule has 1 aliphatic carbocycles. The first-order chi connectivity index (χ1) is 16.1. The molecule has 0 atom stereocenters. The molecule has 0 saturated heterocycles. The van der Waals surface area contributed by atoms with E-state index in [-0.39, 0.29) is 24.1 Å². The molecule has 174 valence electrons. The van der Waals surface area contributed by atoms with Crippen molar-refractivity contribution in [2.45, 2.75) is 43.8 Å². The Kier molecular flexibility index (Phi) is 8.35. The lowest BCUT2D eigenvalue weighted by Crippen LogP contribution is -2.44. The number of fused-ring (bicyclic) bond motifs is 1. The fourth-order valence-electron chi connectivity index (χ4n) is 4.13. The minimum absolute atomic E-state index is 0.0607. The molecule has 0 bridgehead atoms. The molecule has 0 radical (unpaired) electrons. The first kappa shape index (κ1) is 23.7. The number of hydrogen-bond donors (Lipinski definition) is 1. The molecule has 1 saturated carbocycles. The molecule has 0 unspecified atom stereocenters. The summed E-state index contributed by atoms with van der Waals surface area (Å²) in [6, 6.07) is 14.5. The minimum atomic E-state index is -0.364. The second-order valence-corrected chi connectivity index (χ2v) is 10.1. The molecule has 2 amide bonds. The van der Waals surface area contributed by atoms with Crippen molar-refractivity contribution in [2.24, 2.45) is 0 Å². The van der Waals surface area contributed by atoms with Gasteiger partial charge in [0.15, 0.2) is 11.5 Å². The van der Waals surface area contributed by atoms with E-state index in [0.29, 0.717) is 28.6 Å². The van der Waals surface area contributed by atoms with Gasteiger partial charge in [-0.25, -0.2) is 0 Å².